The van der Waals surface area contributed by atoms with Gasteiger partial charge in [-0.2, -0.15) is 0 Å². The smallest absolute Gasteiger partial charge is 0.227 e. The van der Waals surface area contributed by atoms with Crippen molar-refractivity contribution in [3.05, 3.63) is 23.3 Å². The first-order valence-electron chi connectivity index (χ1n) is 6.82. The summed E-state index contributed by atoms with van der Waals surface area (Å²) < 4.78 is 10.6. The van der Waals surface area contributed by atoms with Gasteiger partial charge in [0.15, 0.2) is 11.5 Å². The second-order valence-corrected chi connectivity index (χ2v) is 4.86. The lowest BCUT2D eigenvalue weighted by atomic mass is 10.0. The molecule has 0 radical (unpaired) electrons. The van der Waals surface area contributed by atoms with Crippen molar-refractivity contribution < 1.29 is 19.4 Å². The number of hydrogen-bond donors (Lipinski definition) is 1. The van der Waals surface area contributed by atoms with Gasteiger partial charge in [-0.05, 0) is 36.1 Å². The monoisotopic (exact) mass is 279 g/mol. The standard InChI is InChI=1S/C15H21NO4/c1-19-13-8-11-4-6-16(5-3-7-17)15(18)10-12(11)9-14(13)20-2/h8-9,17H,3-7,10H2,1-2H3. The molecule has 0 fully saturated rings. The molecule has 0 atom stereocenters. The van der Waals surface area contributed by atoms with Gasteiger partial charge in [-0.25, -0.2) is 0 Å². The van der Waals surface area contributed by atoms with Gasteiger partial charge in [-0.1, -0.05) is 0 Å². The van der Waals surface area contributed by atoms with Gasteiger partial charge in [0.05, 0.1) is 20.6 Å². The second-order valence-electron chi connectivity index (χ2n) is 4.86. The molecule has 110 valence electrons. The number of carbonyl (C=O) groups is 1. The quantitative estimate of drug-likeness (QED) is 0.874. The molecule has 0 spiro atoms. The predicted octanol–water partition coefficient (Wildman–Crippen LogP) is 1.01. The number of methoxy groups -OCH3 is 2. The van der Waals surface area contributed by atoms with Gasteiger partial charge in [-0.15, -0.1) is 0 Å². The van der Waals surface area contributed by atoms with Crippen LogP contribution < -0.4 is 9.47 Å². The minimum absolute atomic E-state index is 0.101. The number of fused-ring (bicyclic) bond motifs is 1. The van der Waals surface area contributed by atoms with E-state index in [1.54, 1.807) is 14.2 Å². The molecule has 0 saturated carbocycles. The number of benzene rings is 1. The van der Waals surface area contributed by atoms with Crippen molar-refractivity contribution in [2.45, 2.75) is 19.3 Å². The number of carbonyl (C=O) groups excluding carboxylic acids is 1. The molecular formula is C15H21NO4. The molecule has 5 nitrogen and oxygen atoms in total. The maximum absolute atomic E-state index is 12.2. The van der Waals surface area contributed by atoms with Crippen LogP contribution in [0.2, 0.25) is 0 Å². The average Bonchev–Trinajstić information content (AvgIpc) is 2.61. The molecule has 1 aliphatic rings. The Morgan fingerprint density at radius 1 is 1.20 bits per heavy atom. The Labute approximate surface area is 119 Å². The van der Waals surface area contributed by atoms with E-state index in [1.165, 1.54) is 0 Å². The van der Waals surface area contributed by atoms with Gasteiger partial charge in [0.1, 0.15) is 0 Å². The van der Waals surface area contributed by atoms with Crippen molar-refractivity contribution in [3.63, 3.8) is 0 Å². The van der Waals surface area contributed by atoms with E-state index in [1.807, 2.05) is 17.0 Å². The Hall–Kier alpha value is -1.75. The van der Waals surface area contributed by atoms with Crippen LogP contribution in [0.3, 0.4) is 0 Å². The number of rotatable bonds is 5. The lowest BCUT2D eigenvalue weighted by Crippen LogP contribution is -2.33. The molecule has 1 aliphatic heterocycles. The zero-order valence-corrected chi connectivity index (χ0v) is 12.0. The normalized spacial score (nSPS) is 14.8. The maximum Gasteiger partial charge on any atom is 0.227 e. The molecule has 0 aromatic heterocycles. The van der Waals surface area contributed by atoms with Crippen molar-refractivity contribution in [3.8, 4) is 11.5 Å². The fourth-order valence-corrected chi connectivity index (χ4v) is 2.51. The summed E-state index contributed by atoms with van der Waals surface area (Å²) in [4.78, 5) is 14.0. The first-order valence-corrected chi connectivity index (χ1v) is 6.82. The highest BCUT2D eigenvalue weighted by Crippen LogP contribution is 2.32. The highest BCUT2D eigenvalue weighted by molar-refractivity contribution is 5.80. The topological polar surface area (TPSA) is 59.0 Å². The van der Waals surface area contributed by atoms with Gasteiger partial charge >= 0.3 is 0 Å². The Kier molecular flexibility index (Phi) is 4.84. The molecule has 0 aliphatic carbocycles. The summed E-state index contributed by atoms with van der Waals surface area (Å²) in [5, 5.41) is 8.89. The van der Waals surface area contributed by atoms with E-state index < -0.39 is 0 Å². The third-order valence-electron chi connectivity index (χ3n) is 3.64. The van der Waals surface area contributed by atoms with Crippen molar-refractivity contribution in [1.82, 2.24) is 4.90 Å². The minimum atomic E-state index is 0.101. The Morgan fingerprint density at radius 2 is 1.85 bits per heavy atom. The van der Waals surface area contributed by atoms with Crippen molar-refractivity contribution in [2.24, 2.45) is 0 Å². The second kappa shape index (κ2) is 6.61. The fraction of sp³-hybridized carbons (Fsp3) is 0.533. The van der Waals surface area contributed by atoms with Gasteiger partial charge in [-0.3, -0.25) is 4.79 Å². The van der Waals surface area contributed by atoms with E-state index >= 15 is 0 Å². The average molecular weight is 279 g/mol. The van der Waals surface area contributed by atoms with Crippen molar-refractivity contribution in [1.29, 1.82) is 0 Å². The molecule has 5 heteroatoms. The maximum atomic E-state index is 12.2. The molecule has 1 N–H and O–H groups in total. The first kappa shape index (κ1) is 14.7. The fourth-order valence-electron chi connectivity index (χ4n) is 2.51. The molecule has 1 amide bonds. The molecule has 1 aromatic carbocycles. The number of hydrogen-bond acceptors (Lipinski definition) is 4. The van der Waals surface area contributed by atoms with Gasteiger partial charge < -0.3 is 19.5 Å². The van der Waals surface area contributed by atoms with Crippen LogP contribution in [0.15, 0.2) is 12.1 Å². The highest BCUT2D eigenvalue weighted by atomic mass is 16.5. The Balaban J connectivity index is 2.24. The molecule has 0 bridgehead atoms. The van der Waals surface area contributed by atoms with Crippen LogP contribution in [0.5, 0.6) is 11.5 Å². The Morgan fingerprint density at radius 3 is 2.45 bits per heavy atom. The lowest BCUT2D eigenvalue weighted by Gasteiger charge is -2.19. The number of nitrogens with zero attached hydrogens (tertiary/aromatic N) is 1. The number of amides is 1. The molecule has 0 saturated heterocycles. The van der Waals surface area contributed by atoms with E-state index in [-0.39, 0.29) is 12.5 Å². The molecule has 2 rings (SSSR count). The number of aliphatic hydroxyl groups is 1. The van der Waals surface area contributed by atoms with Gasteiger partial charge in [0, 0.05) is 19.7 Å². The third-order valence-corrected chi connectivity index (χ3v) is 3.64. The first-order chi connectivity index (χ1) is 9.69. The van der Waals surface area contributed by atoms with E-state index in [9.17, 15) is 4.79 Å². The molecule has 20 heavy (non-hydrogen) atoms. The van der Waals surface area contributed by atoms with Crippen LogP contribution in [-0.2, 0) is 17.6 Å². The van der Waals surface area contributed by atoms with Crippen LogP contribution in [0.4, 0.5) is 0 Å². The zero-order chi connectivity index (χ0) is 14.5. The summed E-state index contributed by atoms with van der Waals surface area (Å²) in [7, 11) is 3.20. The van der Waals surface area contributed by atoms with Gasteiger partial charge in [0.2, 0.25) is 5.91 Å². The SMILES string of the molecule is COc1cc2c(cc1OC)CC(=O)N(CCCO)CC2. The zero-order valence-electron chi connectivity index (χ0n) is 12.0. The summed E-state index contributed by atoms with van der Waals surface area (Å²) in [5.74, 6) is 1.45. The summed E-state index contributed by atoms with van der Waals surface area (Å²) in [6.45, 7) is 1.40. The van der Waals surface area contributed by atoms with Crippen LogP contribution in [0.1, 0.15) is 17.5 Å². The molecule has 1 aromatic rings. The van der Waals surface area contributed by atoms with Crippen molar-refractivity contribution >= 4 is 5.91 Å². The number of ether oxygens (including phenoxy) is 2. The largest absolute Gasteiger partial charge is 0.493 e. The van der Waals surface area contributed by atoms with E-state index in [2.05, 4.69) is 0 Å². The van der Waals surface area contributed by atoms with Crippen LogP contribution in [0.25, 0.3) is 0 Å². The summed E-state index contributed by atoms with van der Waals surface area (Å²) >= 11 is 0. The third kappa shape index (κ3) is 3.04. The summed E-state index contributed by atoms with van der Waals surface area (Å²) in [5.41, 5.74) is 2.13. The minimum Gasteiger partial charge on any atom is -0.493 e. The van der Waals surface area contributed by atoms with Crippen LogP contribution >= 0.6 is 0 Å². The highest BCUT2D eigenvalue weighted by Gasteiger charge is 2.22. The molecular weight excluding hydrogens is 258 g/mol. The van der Waals surface area contributed by atoms with Gasteiger partial charge in [0.25, 0.3) is 0 Å². The summed E-state index contributed by atoms with van der Waals surface area (Å²) in [6.07, 6.45) is 1.79. The van der Waals surface area contributed by atoms with Crippen LogP contribution in [0, 0.1) is 0 Å². The molecule has 0 unspecified atom stereocenters. The van der Waals surface area contributed by atoms with E-state index in [0.29, 0.717) is 37.4 Å². The Bertz CT molecular complexity index is 487. The van der Waals surface area contributed by atoms with E-state index in [4.69, 9.17) is 14.6 Å². The van der Waals surface area contributed by atoms with Crippen LogP contribution in [-0.4, -0.2) is 49.8 Å². The lowest BCUT2D eigenvalue weighted by molar-refractivity contribution is -0.130. The summed E-state index contributed by atoms with van der Waals surface area (Å²) in [6, 6.07) is 3.85. The van der Waals surface area contributed by atoms with Crippen molar-refractivity contribution in [2.75, 3.05) is 33.9 Å². The predicted molar refractivity (Wildman–Crippen MR) is 75.2 cm³/mol. The molecule has 1 heterocycles. The van der Waals surface area contributed by atoms with E-state index in [0.717, 1.165) is 17.5 Å². The number of aliphatic hydroxyl groups excluding tert-OH is 1.